The van der Waals surface area contributed by atoms with Crippen molar-refractivity contribution < 1.29 is 22.7 Å². The molecule has 1 amide bonds. The third kappa shape index (κ3) is 4.74. The highest BCUT2D eigenvalue weighted by molar-refractivity contribution is 7.89. The first kappa shape index (κ1) is 22.5. The standard InChI is InChI=1S/C21H26N2O5S2/c1-4-28-21(25)19-14(2)13-18(29-19)22-20(24)15-9-11-17(12-10-15)30(26,27)23(3)16-7-5-6-8-16/h9-13,16H,4-8H2,1-3H3,(H,22,24). The zero-order valence-corrected chi connectivity index (χ0v) is 18.9. The largest absolute Gasteiger partial charge is 0.462 e. The fourth-order valence-corrected chi connectivity index (χ4v) is 5.91. The summed E-state index contributed by atoms with van der Waals surface area (Å²) in [6.07, 6.45) is 3.85. The predicted molar refractivity (Wildman–Crippen MR) is 117 cm³/mol. The number of rotatable bonds is 7. The van der Waals surface area contributed by atoms with Crippen LogP contribution in [0.1, 0.15) is 58.2 Å². The van der Waals surface area contributed by atoms with Gasteiger partial charge in [0.25, 0.3) is 5.91 Å². The summed E-state index contributed by atoms with van der Waals surface area (Å²) < 4.78 is 32.1. The molecule has 0 atom stereocenters. The van der Waals surface area contributed by atoms with Gasteiger partial charge < -0.3 is 10.1 Å². The van der Waals surface area contributed by atoms with E-state index in [1.165, 1.54) is 28.6 Å². The molecular weight excluding hydrogens is 424 g/mol. The monoisotopic (exact) mass is 450 g/mol. The Morgan fingerprint density at radius 1 is 1.20 bits per heavy atom. The van der Waals surface area contributed by atoms with E-state index < -0.39 is 16.0 Å². The summed E-state index contributed by atoms with van der Waals surface area (Å²) in [5.74, 6) is -0.791. The number of carbonyl (C=O) groups excluding carboxylic acids is 2. The Balaban J connectivity index is 1.71. The van der Waals surface area contributed by atoms with Gasteiger partial charge >= 0.3 is 5.97 Å². The number of hydrogen-bond acceptors (Lipinski definition) is 6. The predicted octanol–water partition coefficient (Wildman–Crippen LogP) is 4.05. The number of ether oxygens (including phenoxy) is 1. The summed E-state index contributed by atoms with van der Waals surface area (Å²) in [6.45, 7) is 3.79. The van der Waals surface area contributed by atoms with E-state index in [0.717, 1.165) is 42.6 Å². The Morgan fingerprint density at radius 2 is 1.83 bits per heavy atom. The molecular formula is C21H26N2O5S2. The lowest BCUT2D eigenvalue weighted by molar-refractivity contribution is 0.0531. The minimum absolute atomic E-state index is 0.0358. The molecule has 0 bridgehead atoms. The van der Waals surface area contributed by atoms with Crippen LogP contribution in [0.3, 0.4) is 0 Å². The minimum Gasteiger partial charge on any atom is -0.462 e. The highest BCUT2D eigenvalue weighted by Gasteiger charge is 2.30. The van der Waals surface area contributed by atoms with Gasteiger partial charge in [0.1, 0.15) is 4.88 Å². The molecule has 1 N–H and O–H groups in total. The first-order valence-electron chi connectivity index (χ1n) is 9.91. The molecule has 162 valence electrons. The van der Waals surface area contributed by atoms with Gasteiger partial charge in [-0.2, -0.15) is 4.31 Å². The number of carbonyl (C=O) groups is 2. The van der Waals surface area contributed by atoms with Crippen LogP contribution in [0.2, 0.25) is 0 Å². The molecule has 2 aromatic rings. The van der Waals surface area contributed by atoms with Crippen LogP contribution in [0.15, 0.2) is 35.2 Å². The van der Waals surface area contributed by atoms with Gasteiger partial charge in [0.05, 0.1) is 16.5 Å². The zero-order chi connectivity index (χ0) is 21.9. The van der Waals surface area contributed by atoms with Crippen LogP contribution in [-0.4, -0.2) is 44.3 Å². The summed E-state index contributed by atoms with van der Waals surface area (Å²) in [7, 11) is -1.97. The number of hydrogen-bond donors (Lipinski definition) is 1. The van der Waals surface area contributed by atoms with Gasteiger partial charge in [0.2, 0.25) is 10.0 Å². The molecule has 1 aliphatic carbocycles. The average Bonchev–Trinajstić information content (AvgIpc) is 3.37. The van der Waals surface area contributed by atoms with Crippen LogP contribution in [0.4, 0.5) is 5.00 Å². The van der Waals surface area contributed by atoms with E-state index in [4.69, 9.17) is 4.74 Å². The molecule has 0 radical (unpaired) electrons. The van der Waals surface area contributed by atoms with Crippen LogP contribution in [-0.2, 0) is 14.8 Å². The maximum Gasteiger partial charge on any atom is 0.348 e. The number of amides is 1. The zero-order valence-electron chi connectivity index (χ0n) is 17.3. The molecule has 1 aromatic carbocycles. The SMILES string of the molecule is CCOC(=O)c1sc(NC(=O)c2ccc(S(=O)(=O)N(C)C3CCCC3)cc2)cc1C. The lowest BCUT2D eigenvalue weighted by Crippen LogP contribution is -2.35. The van der Waals surface area contributed by atoms with Gasteiger partial charge in [-0.1, -0.05) is 12.8 Å². The Hall–Kier alpha value is -2.23. The second-order valence-corrected chi connectivity index (χ2v) is 10.3. The Bertz CT molecular complexity index is 1020. The van der Waals surface area contributed by atoms with Gasteiger partial charge in [0, 0.05) is 18.7 Å². The average molecular weight is 451 g/mol. The van der Waals surface area contributed by atoms with E-state index in [9.17, 15) is 18.0 Å². The van der Waals surface area contributed by atoms with Crippen molar-refractivity contribution in [2.24, 2.45) is 0 Å². The van der Waals surface area contributed by atoms with Gasteiger partial charge in [0.15, 0.2) is 0 Å². The topological polar surface area (TPSA) is 92.8 Å². The van der Waals surface area contributed by atoms with Gasteiger partial charge in [-0.3, -0.25) is 4.79 Å². The van der Waals surface area contributed by atoms with Gasteiger partial charge in [-0.25, -0.2) is 13.2 Å². The number of nitrogens with one attached hydrogen (secondary N) is 1. The van der Waals surface area contributed by atoms with Crippen LogP contribution < -0.4 is 5.32 Å². The van der Waals surface area contributed by atoms with E-state index >= 15 is 0 Å². The fraction of sp³-hybridized carbons (Fsp3) is 0.429. The van der Waals surface area contributed by atoms with Gasteiger partial charge in [-0.15, -0.1) is 11.3 Å². The summed E-state index contributed by atoms with van der Waals surface area (Å²) in [5.41, 5.74) is 1.06. The molecule has 7 nitrogen and oxygen atoms in total. The summed E-state index contributed by atoms with van der Waals surface area (Å²) >= 11 is 1.15. The normalized spacial score (nSPS) is 14.8. The number of esters is 1. The molecule has 3 rings (SSSR count). The quantitative estimate of drug-likeness (QED) is 0.643. The highest BCUT2D eigenvalue weighted by Crippen LogP contribution is 2.29. The number of benzene rings is 1. The van der Waals surface area contributed by atoms with E-state index in [2.05, 4.69) is 5.32 Å². The third-order valence-electron chi connectivity index (χ3n) is 5.25. The molecule has 1 aromatic heterocycles. The van der Waals surface area contributed by atoms with Crippen LogP contribution >= 0.6 is 11.3 Å². The van der Waals surface area contributed by atoms with Crippen molar-refractivity contribution in [2.45, 2.75) is 50.5 Å². The number of anilines is 1. The Kier molecular flexibility index (Phi) is 6.95. The molecule has 9 heteroatoms. The molecule has 0 saturated heterocycles. The van der Waals surface area contributed by atoms with Crippen LogP contribution in [0.25, 0.3) is 0 Å². The third-order valence-corrected chi connectivity index (χ3v) is 8.30. The minimum atomic E-state index is -3.59. The van der Waals surface area contributed by atoms with E-state index in [0.29, 0.717) is 15.4 Å². The molecule has 0 spiro atoms. The van der Waals surface area contributed by atoms with Crippen molar-refractivity contribution >= 4 is 38.2 Å². The molecule has 30 heavy (non-hydrogen) atoms. The number of aryl methyl sites for hydroxylation is 1. The molecule has 0 unspecified atom stereocenters. The van der Waals surface area contributed by atoms with Crippen molar-refractivity contribution in [3.05, 3.63) is 46.3 Å². The highest BCUT2D eigenvalue weighted by atomic mass is 32.2. The molecule has 1 heterocycles. The molecule has 1 aliphatic rings. The molecule has 0 aliphatic heterocycles. The molecule has 1 saturated carbocycles. The second kappa shape index (κ2) is 9.28. The lowest BCUT2D eigenvalue weighted by atomic mass is 10.2. The maximum atomic E-state index is 12.8. The summed E-state index contributed by atoms with van der Waals surface area (Å²) in [6, 6.07) is 7.66. The Labute approximate surface area is 181 Å². The van der Waals surface area contributed by atoms with Crippen molar-refractivity contribution in [3.8, 4) is 0 Å². The van der Waals surface area contributed by atoms with E-state index in [1.54, 1.807) is 27.0 Å². The van der Waals surface area contributed by atoms with Crippen LogP contribution in [0.5, 0.6) is 0 Å². The smallest absolute Gasteiger partial charge is 0.348 e. The van der Waals surface area contributed by atoms with E-state index in [1.807, 2.05) is 0 Å². The second-order valence-electron chi connectivity index (χ2n) is 7.28. The summed E-state index contributed by atoms with van der Waals surface area (Å²) in [4.78, 5) is 25.1. The number of sulfonamides is 1. The van der Waals surface area contributed by atoms with Crippen molar-refractivity contribution in [3.63, 3.8) is 0 Å². The Morgan fingerprint density at radius 3 is 2.43 bits per heavy atom. The van der Waals surface area contributed by atoms with E-state index in [-0.39, 0.29) is 23.5 Å². The van der Waals surface area contributed by atoms with Crippen molar-refractivity contribution in [2.75, 3.05) is 19.0 Å². The van der Waals surface area contributed by atoms with Crippen molar-refractivity contribution in [1.82, 2.24) is 4.31 Å². The maximum absolute atomic E-state index is 12.8. The van der Waals surface area contributed by atoms with Crippen molar-refractivity contribution in [1.29, 1.82) is 0 Å². The fourth-order valence-electron chi connectivity index (χ4n) is 3.54. The van der Waals surface area contributed by atoms with Crippen LogP contribution in [0, 0.1) is 6.92 Å². The summed E-state index contributed by atoms with van der Waals surface area (Å²) in [5, 5.41) is 3.28. The number of thiophene rings is 1. The molecule has 1 fully saturated rings. The lowest BCUT2D eigenvalue weighted by Gasteiger charge is -2.23. The first-order chi connectivity index (χ1) is 14.2. The van der Waals surface area contributed by atoms with Gasteiger partial charge in [-0.05, 0) is 62.6 Å². The number of nitrogens with zero attached hydrogens (tertiary/aromatic N) is 1. The first-order valence-corrected chi connectivity index (χ1v) is 12.2.